The Morgan fingerprint density at radius 3 is 3.00 bits per heavy atom. The summed E-state index contributed by atoms with van der Waals surface area (Å²) in [5, 5.41) is 18.9. The molecule has 5 nitrogen and oxygen atoms in total. The summed E-state index contributed by atoms with van der Waals surface area (Å²) in [5.74, 6) is -3.64. The molecule has 0 aromatic heterocycles. The molecule has 5 heteroatoms. The van der Waals surface area contributed by atoms with E-state index < -0.39 is 53.5 Å². The van der Waals surface area contributed by atoms with Crippen LogP contribution in [0.1, 0.15) is 20.7 Å². The third-order valence-electron chi connectivity index (χ3n) is 1.53. The van der Waals surface area contributed by atoms with Gasteiger partial charge in [0.05, 0.1) is 12.1 Å². The quantitative estimate of drug-likeness (QED) is 0.519. The molecule has 0 fully saturated rings. The molecule has 4 N–H and O–H groups in total. The van der Waals surface area contributed by atoms with Crippen LogP contribution in [0.4, 0.5) is 0 Å². The molecule has 1 rings (SSSR count). The van der Waals surface area contributed by atoms with Gasteiger partial charge in [-0.3, -0.25) is 4.79 Å². The maximum absolute atomic E-state index is 11.7. The van der Waals surface area contributed by atoms with Crippen molar-refractivity contribution in [2.75, 3.05) is 6.61 Å². The number of rotatable bonds is 4. The molecule has 0 bridgehead atoms. The second-order valence-corrected chi connectivity index (χ2v) is 2.71. The van der Waals surface area contributed by atoms with Gasteiger partial charge in [0.2, 0.25) is 0 Å². The molecule has 0 amide bonds. The first-order valence-electron chi connectivity index (χ1n) is 7.39. The number of carbonyl (C=O) groups is 1. The van der Waals surface area contributed by atoms with Crippen LogP contribution >= 0.6 is 0 Å². The Morgan fingerprint density at radius 1 is 1.69 bits per heavy atom. The van der Waals surface area contributed by atoms with Gasteiger partial charge in [-0.1, -0.05) is 6.04 Å². The third-order valence-corrected chi connectivity index (χ3v) is 1.53. The first-order chi connectivity index (χ1) is 9.91. The van der Waals surface area contributed by atoms with Gasteiger partial charge >= 0.3 is 5.97 Å². The molecule has 0 aliphatic heterocycles. The Morgan fingerprint density at radius 2 is 2.38 bits per heavy atom. The van der Waals surface area contributed by atoms with Crippen molar-refractivity contribution in [1.29, 1.82) is 0 Å². The summed E-state index contributed by atoms with van der Waals surface area (Å²) in [5.41, 5.74) is 4.42. The first kappa shape index (κ1) is 6.10. The molecule has 88 valence electrons. The van der Waals surface area contributed by atoms with Gasteiger partial charge in [0.1, 0.15) is 6.02 Å². The molecule has 1 aromatic carbocycles. The summed E-state index contributed by atoms with van der Waals surface area (Å²) in [7, 11) is 0. The molecular formula is C11H15NO4. The number of nitrogens with two attached hydrogens (primary N) is 1. The number of hydrogen-bond acceptors (Lipinski definition) is 5. The first-order valence-corrected chi connectivity index (χ1v) is 4.39. The average Bonchev–Trinajstić information content (AvgIpc) is 2.43. The predicted molar refractivity (Wildman–Crippen MR) is 58.1 cm³/mol. The molecule has 0 aliphatic rings. The van der Waals surface area contributed by atoms with Crippen LogP contribution in [0.2, 0.25) is 0 Å². The minimum absolute atomic E-state index is 0.168. The van der Waals surface area contributed by atoms with Gasteiger partial charge in [-0.05, 0) is 30.9 Å². The SMILES string of the molecule is [2H]c1c([2H])c(C([2H])([2H])[C@]([2H])(N)C(=O)OCC)c([2H])c(O)c1O. The van der Waals surface area contributed by atoms with Gasteiger partial charge in [-0.2, -0.15) is 0 Å². The van der Waals surface area contributed by atoms with Crippen LogP contribution in [-0.4, -0.2) is 28.8 Å². The zero-order chi connectivity index (χ0) is 17.5. The van der Waals surface area contributed by atoms with Crippen molar-refractivity contribution in [2.45, 2.75) is 19.3 Å². The zero-order valence-electron chi connectivity index (χ0n) is 14.5. The number of ether oxygens (including phenoxy) is 1. The molecule has 1 aromatic rings. The molecule has 0 unspecified atom stereocenters. The fourth-order valence-corrected chi connectivity index (χ4v) is 0.847. The highest BCUT2D eigenvalue weighted by atomic mass is 16.5. The normalized spacial score (nSPS) is 20.4. The van der Waals surface area contributed by atoms with E-state index in [4.69, 9.17) is 14.0 Å². The maximum atomic E-state index is 11.7. The standard InChI is InChI=1S/C11H15NO4/c1-2-16-11(15)8(12)5-7-3-4-9(13)10(14)6-7/h3-4,6,8,13-14H,2,5,12H2,1H3/t8-/m0/s1/i3D,4D,5D2,6D,8D. The predicted octanol–water partition coefficient (Wildman–Crippen LogP) is 0.531. The fourth-order valence-electron chi connectivity index (χ4n) is 0.847. The highest BCUT2D eigenvalue weighted by molar-refractivity contribution is 5.75. The van der Waals surface area contributed by atoms with E-state index in [0.29, 0.717) is 0 Å². The van der Waals surface area contributed by atoms with E-state index in [0.717, 1.165) is 0 Å². The Balaban J connectivity index is 3.63. The van der Waals surface area contributed by atoms with Crippen molar-refractivity contribution < 1.29 is 28.0 Å². The van der Waals surface area contributed by atoms with E-state index >= 15 is 0 Å². The van der Waals surface area contributed by atoms with Crippen LogP contribution in [-0.2, 0) is 15.9 Å². The van der Waals surface area contributed by atoms with E-state index in [1.54, 1.807) is 0 Å². The van der Waals surface area contributed by atoms with Gasteiger partial charge < -0.3 is 20.7 Å². The molecule has 0 saturated heterocycles. The van der Waals surface area contributed by atoms with E-state index in [1.807, 2.05) is 0 Å². The number of carbonyl (C=O) groups excluding carboxylic acids is 1. The number of aromatic hydroxyl groups is 2. The minimum atomic E-state index is -3.13. The van der Waals surface area contributed by atoms with Crippen molar-refractivity contribution in [3.8, 4) is 11.5 Å². The lowest BCUT2D eigenvalue weighted by molar-refractivity contribution is -0.144. The van der Waals surface area contributed by atoms with Crippen molar-refractivity contribution in [3.05, 3.63) is 23.7 Å². The van der Waals surface area contributed by atoms with Crippen LogP contribution in [0.5, 0.6) is 11.5 Å². The van der Waals surface area contributed by atoms with Crippen molar-refractivity contribution >= 4 is 5.97 Å². The lowest BCUT2D eigenvalue weighted by Gasteiger charge is -2.10. The number of benzene rings is 1. The van der Waals surface area contributed by atoms with E-state index in [9.17, 15) is 15.0 Å². The molecule has 0 aliphatic carbocycles. The number of phenolic OH excluding ortho intramolecular Hbond substituents is 2. The zero-order valence-corrected chi connectivity index (χ0v) is 8.50. The summed E-state index contributed by atoms with van der Waals surface area (Å²) in [6.07, 6.45) is -3.13. The molecule has 16 heavy (non-hydrogen) atoms. The summed E-state index contributed by atoms with van der Waals surface area (Å²) >= 11 is 0. The smallest absolute Gasteiger partial charge is 0.323 e. The molecule has 0 radical (unpaired) electrons. The summed E-state index contributed by atoms with van der Waals surface area (Å²) in [4.78, 5) is 11.7. The van der Waals surface area contributed by atoms with Gasteiger partial charge in [-0.15, -0.1) is 0 Å². The largest absolute Gasteiger partial charge is 0.504 e. The lowest BCUT2D eigenvalue weighted by Crippen LogP contribution is -2.34. The van der Waals surface area contributed by atoms with Gasteiger partial charge in [0, 0.05) is 2.74 Å². The van der Waals surface area contributed by atoms with Gasteiger partial charge in [0.15, 0.2) is 11.5 Å². The monoisotopic (exact) mass is 231 g/mol. The van der Waals surface area contributed by atoms with Crippen LogP contribution in [0.3, 0.4) is 0 Å². The summed E-state index contributed by atoms with van der Waals surface area (Å²) in [6, 6.07) is -5.97. The minimum Gasteiger partial charge on any atom is -0.504 e. The second-order valence-electron chi connectivity index (χ2n) is 2.71. The van der Waals surface area contributed by atoms with Crippen LogP contribution in [0.25, 0.3) is 0 Å². The lowest BCUT2D eigenvalue weighted by atomic mass is 10.1. The average molecular weight is 231 g/mol. The summed E-state index contributed by atoms with van der Waals surface area (Å²) in [6.45, 7) is 1.25. The Labute approximate surface area is 102 Å². The Kier molecular flexibility index (Phi) is 2.05. The molecule has 1 atom stereocenters. The van der Waals surface area contributed by atoms with Crippen LogP contribution in [0.15, 0.2) is 18.1 Å². The van der Waals surface area contributed by atoms with Crippen molar-refractivity contribution in [2.24, 2.45) is 5.73 Å². The Bertz CT molecular complexity index is 590. The van der Waals surface area contributed by atoms with E-state index in [1.165, 1.54) is 6.92 Å². The van der Waals surface area contributed by atoms with E-state index in [2.05, 4.69) is 4.74 Å². The van der Waals surface area contributed by atoms with Crippen molar-refractivity contribution in [3.63, 3.8) is 0 Å². The van der Waals surface area contributed by atoms with E-state index in [-0.39, 0.29) is 6.61 Å². The topological polar surface area (TPSA) is 92.8 Å². The van der Waals surface area contributed by atoms with Crippen molar-refractivity contribution in [1.82, 2.24) is 0 Å². The molecule has 0 heterocycles. The fraction of sp³-hybridized carbons (Fsp3) is 0.364. The number of hydrogen-bond donors (Lipinski definition) is 3. The highest BCUT2D eigenvalue weighted by Crippen LogP contribution is 2.25. The second kappa shape index (κ2) is 5.37. The number of esters is 1. The molecular weight excluding hydrogens is 210 g/mol. The van der Waals surface area contributed by atoms with Crippen LogP contribution < -0.4 is 5.73 Å². The number of phenols is 2. The third kappa shape index (κ3) is 3.13. The van der Waals surface area contributed by atoms with Crippen LogP contribution in [0, 0.1) is 0 Å². The molecule has 0 spiro atoms. The summed E-state index contributed by atoms with van der Waals surface area (Å²) < 4.78 is 50.6. The Hall–Kier alpha value is -1.75. The molecule has 0 saturated carbocycles. The van der Waals surface area contributed by atoms with Gasteiger partial charge in [0.25, 0.3) is 0 Å². The maximum Gasteiger partial charge on any atom is 0.323 e. The van der Waals surface area contributed by atoms with Gasteiger partial charge in [-0.25, -0.2) is 0 Å². The highest BCUT2D eigenvalue weighted by Gasteiger charge is 2.15.